The molecule has 3 nitrogen and oxygen atoms in total. The van der Waals surface area contributed by atoms with Gasteiger partial charge in [0.15, 0.2) is 0 Å². The van der Waals surface area contributed by atoms with Crippen LogP contribution in [0.25, 0.3) is 0 Å². The number of benzene rings is 1. The van der Waals surface area contributed by atoms with Gasteiger partial charge in [0.25, 0.3) is 0 Å². The summed E-state index contributed by atoms with van der Waals surface area (Å²) in [6.45, 7) is 6.08. The molecule has 0 bridgehead atoms. The SMILES string of the molecule is CC(C)C(=O)Nc1ccc(NC(C)C2CCCCC2)cc1. The molecule has 0 radical (unpaired) electrons. The van der Waals surface area contributed by atoms with Crippen molar-refractivity contribution in [1.82, 2.24) is 0 Å². The molecule has 3 heteroatoms. The predicted molar refractivity (Wildman–Crippen MR) is 89.6 cm³/mol. The summed E-state index contributed by atoms with van der Waals surface area (Å²) in [6, 6.07) is 8.55. The molecule has 2 rings (SSSR count). The summed E-state index contributed by atoms with van der Waals surface area (Å²) in [6.07, 6.45) is 6.83. The van der Waals surface area contributed by atoms with E-state index in [4.69, 9.17) is 0 Å². The first-order chi connectivity index (χ1) is 10.1. The maximum atomic E-state index is 11.7. The molecule has 0 aliphatic heterocycles. The highest BCUT2D eigenvalue weighted by molar-refractivity contribution is 5.92. The van der Waals surface area contributed by atoms with E-state index in [0.29, 0.717) is 6.04 Å². The summed E-state index contributed by atoms with van der Waals surface area (Å²) in [5, 5.41) is 6.52. The second-order valence-electron chi connectivity index (χ2n) is 6.55. The zero-order valence-corrected chi connectivity index (χ0v) is 13.5. The number of nitrogens with one attached hydrogen (secondary N) is 2. The van der Waals surface area contributed by atoms with Gasteiger partial charge in [-0.2, -0.15) is 0 Å². The summed E-state index contributed by atoms with van der Waals surface area (Å²) in [7, 11) is 0. The van der Waals surface area contributed by atoms with E-state index in [2.05, 4.69) is 29.7 Å². The molecule has 1 aromatic rings. The van der Waals surface area contributed by atoms with Crippen molar-refractivity contribution in [3.05, 3.63) is 24.3 Å². The molecule has 116 valence electrons. The largest absolute Gasteiger partial charge is 0.382 e. The number of rotatable bonds is 5. The smallest absolute Gasteiger partial charge is 0.226 e. The zero-order chi connectivity index (χ0) is 15.2. The molecule has 1 aromatic carbocycles. The van der Waals surface area contributed by atoms with Crippen molar-refractivity contribution in [2.75, 3.05) is 10.6 Å². The van der Waals surface area contributed by atoms with E-state index in [1.165, 1.54) is 32.1 Å². The first kappa shape index (κ1) is 15.9. The van der Waals surface area contributed by atoms with Crippen LogP contribution in [-0.2, 0) is 4.79 Å². The zero-order valence-electron chi connectivity index (χ0n) is 13.5. The summed E-state index contributed by atoms with van der Waals surface area (Å²) >= 11 is 0. The normalized spacial score (nSPS) is 17.5. The Morgan fingerprint density at radius 3 is 2.14 bits per heavy atom. The van der Waals surface area contributed by atoms with Crippen molar-refractivity contribution < 1.29 is 4.79 Å². The van der Waals surface area contributed by atoms with Crippen molar-refractivity contribution in [2.45, 2.75) is 58.9 Å². The molecule has 1 fully saturated rings. The van der Waals surface area contributed by atoms with E-state index in [-0.39, 0.29) is 11.8 Å². The van der Waals surface area contributed by atoms with Crippen LogP contribution in [0.15, 0.2) is 24.3 Å². The molecule has 1 unspecified atom stereocenters. The van der Waals surface area contributed by atoms with Crippen molar-refractivity contribution in [1.29, 1.82) is 0 Å². The molecule has 0 aromatic heterocycles. The number of anilines is 2. The molecule has 1 saturated carbocycles. The fourth-order valence-electron chi connectivity index (χ4n) is 2.95. The predicted octanol–water partition coefficient (Wildman–Crippen LogP) is 4.66. The van der Waals surface area contributed by atoms with Crippen LogP contribution in [0.1, 0.15) is 52.9 Å². The number of hydrogen-bond acceptors (Lipinski definition) is 2. The molecular weight excluding hydrogens is 260 g/mol. The van der Waals surface area contributed by atoms with Crippen molar-refractivity contribution in [3.8, 4) is 0 Å². The molecule has 1 aliphatic rings. The third kappa shape index (κ3) is 4.76. The summed E-state index contributed by atoms with van der Waals surface area (Å²) in [5.41, 5.74) is 2.00. The Morgan fingerprint density at radius 2 is 1.57 bits per heavy atom. The van der Waals surface area contributed by atoms with Gasteiger partial charge >= 0.3 is 0 Å². The molecule has 0 heterocycles. The average molecular weight is 288 g/mol. The van der Waals surface area contributed by atoms with Gasteiger partial charge in [-0.1, -0.05) is 33.1 Å². The van der Waals surface area contributed by atoms with E-state index in [0.717, 1.165) is 17.3 Å². The Balaban J connectivity index is 1.88. The maximum Gasteiger partial charge on any atom is 0.226 e. The fraction of sp³-hybridized carbons (Fsp3) is 0.611. The molecule has 0 spiro atoms. The van der Waals surface area contributed by atoms with E-state index in [1.807, 2.05) is 26.0 Å². The van der Waals surface area contributed by atoms with Gasteiger partial charge in [-0.15, -0.1) is 0 Å². The van der Waals surface area contributed by atoms with Gasteiger partial charge in [0.1, 0.15) is 0 Å². The monoisotopic (exact) mass is 288 g/mol. The van der Waals surface area contributed by atoms with E-state index in [1.54, 1.807) is 0 Å². The number of carbonyl (C=O) groups excluding carboxylic acids is 1. The highest BCUT2D eigenvalue weighted by atomic mass is 16.1. The first-order valence-electron chi connectivity index (χ1n) is 8.23. The summed E-state index contributed by atoms with van der Waals surface area (Å²) in [5.74, 6) is 0.861. The number of hydrogen-bond donors (Lipinski definition) is 2. The Labute approximate surface area is 128 Å². The highest BCUT2D eigenvalue weighted by Gasteiger charge is 2.19. The van der Waals surface area contributed by atoms with E-state index >= 15 is 0 Å². The Hall–Kier alpha value is -1.51. The van der Waals surface area contributed by atoms with Crippen LogP contribution in [-0.4, -0.2) is 11.9 Å². The molecule has 1 atom stereocenters. The lowest BCUT2D eigenvalue weighted by Gasteiger charge is -2.29. The molecule has 1 amide bonds. The minimum absolute atomic E-state index is 0.00845. The van der Waals surface area contributed by atoms with Gasteiger partial charge in [-0.05, 0) is 49.9 Å². The maximum absolute atomic E-state index is 11.7. The number of amides is 1. The highest BCUT2D eigenvalue weighted by Crippen LogP contribution is 2.28. The second kappa shape index (κ2) is 7.48. The lowest BCUT2D eigenvalue weighted by molar-refractivity contribution is -0.118. The van der Waals surface area contributed by atoms with Gasteiger partial charge < -0.3 is 10.6 Å². The fourth-order valence-corrected chi connectivity index (χ4v) is 2.95. The van der Waals surface area contributed by atoms with Crippen LogP contribution in [0.3, 0.4) is 0 Å². The molecular formula is C18H28N2O. The van der Waals surface area contributed by atoms with Crippen LogP contribution >= 0.6 is 0 Å². The third-order valence-corrected chi connectivity index (χ3v) is 4.43. The van der Waals surface area contributed by atoms with Crippen molar-refractivity contribution in [3.63, 3.8) is 0 Å². The van der Waals surface area contributed by atoms with E-state index < -0.39 is 0 Å². The van der Waals surface area contributed by atoms with Gasteiger partial charge in [0, 0.05) is 23.3 Å². The van der Waals surface area contributed by atoms with Crippen LogP contribution in [0.5, 0.6) is 0 Å². The molecule has 1 aliphatic carbocycles. The minimum atomic E-state index is 0.00845. The summed E-state index contributed by atoms with van der Waals surface area (Å²) in [4.78, 5) is 11.7. The average Bonchev–Trinajstić information content (AvgIpc) is 2.50. The Morgan fingerprint density at radius 1 is 1.00 bits per heavy atom. The van der Waals surface area contributed by atoms with Gasteiger partial charge in [0.05, 0.1) is 0 Å². The Kier molecular flexibility index (Phi) is 5.66. The van der Waals surface area contributed by atoms with Gasteiger partial charge in [0.2, 0.25) is 5.91 Å². The minimum Gasteiger partial charge on any atom is -0.382 e. The first-order valence-corrected chi connectivity index (χ1v) is 8.23. The number of carbonyl (C=O) groups is 1. The quantitative estimate of drug-likeness (QED) is 0.827. The molecule has 2 N–H and O–H groups in total. The molecule has 21 heavy (non-hydrogen) atoms. The second-order valence-corrected chi connectivity index (χ2v) is 6.55. The van der Waals surface area contributed by atoms with Gasteiger partial charge in [-0.3, -0.25) is 4.79 Å². The summed E-state index contributed by atoms with van der Waals surface area (Å²) < 4.78 is 0. The topological polar surface area (TPSA) is 41.1 Å². The third-order valence-electron chi connectivity index (χ3n) is 4.43. The lowest BCUT2D eigenvalue weighted by Crippen LogP contribution is -2.27. The molecule has 0 saturated heterocycles. The van der Waals surface area contributed by atoms with Crippen LogP contribution < -0.4 is 10.6 Å². The Bertz CT molecular complexity index is 447. The van der Waals surface area contributed by atoms with Crippen LogP contribution in [0, 0.1) is 11.8 Å². The standard InChI is InChI=1S/C18H28N2O/c1-13(2)18(21)20-17-11-9-16(10-12-17)19-14(3)15-7-5-4-6-8-15/h9-15,19H,4-8H2,1-3H3,(H,20,21). The van der Waals surface area contributed by atoms with E-state index in [9.17, 15) is 4.79 Å². The van der Waals surface area contributed by atoms with Crippen molar-refractivity contribution >= 4 is 17.3 Å². The lowest BCUT2D eigenvalue weighted by atomic mass is 9.84. The van der Waals surface area contributed by atoms with Crippen LogP contribution in [0.4, 0.5) is 11.4 Å². The van der Waals surface area contributed by atoms with Gasteiger partial charge in [-0.25, -0.2) is 0 Å². The van der Waals surface area contributed by atoms with Crippen molar-refractivity contribution in [2.24, 2.45) is 11.8 Å². The van der Waals surface area contributed by atoms with Crippen LogP contribution in [0.2, 0.25) is 0 Å².